The van der Waals surface area contributed by atoms with Crippen LogP contribution in [0.15, 0.2) is 0 Å². The lowest BCUT2D eigenvalue weighted by Crippen LogP contribution is -2.28. The molecule has 136 valence electrons. The molecule has 4 nitrogen and oxygen atoms in total. The van der Waals surface area contributed by atoms with E-state index < -0.39 is 61.9 Å². The molecule has 0 radical (unpaired) electrons. The van der Waals surface area contributed by atoms with E-state index in [1.54, 1.807) is 20.8 Å². The van der Waals surface area contributed by atoms with Crippen molar-refractivity contribution in [2.24, 2.45) is 5.41 Å². The normalized spacial score (nSPS) is 12.9. The molecule has 0 amide bonds. The van der Waals surface area contributed by atoms with Gasteiger partial charge < -0.3 is 9.47 Å². The van der Waals surface area contributed by atoms with Crippen LogP contribution in [0.2, 0.25) is 0 Å². The van der Waals surface area contributed by atoms with Crippen LogP contribution in [-0.2, 0) is 19.1 Å². The van der Waals surface area contributed by atoms with Crippen molar-refractivity contribution in [2.75, 3.05) is 13.2 Å². The summed E-state index contributed by atoms with van der Waals surface area (Å²) >= 11 is 0. The van der Waals surface area contributed by atoms with E-state index in [4.69, 9.17) is 4.74 Å². The van der Waals surface area contributed by atoms with E-state index in [9.17, 15) is 31.5 Å². The second kappa shape index (κ2) is 8.44. The van der Waals surface area contributed by atoms with Gasteiger partial charge in [0.15, 0.2) is 6.61 Å². The maximum Gasteiger partial charge on any atom is 0.394 e. The number of hydrogen-bond acceptors (Lipinski definition) is 4. The number of ether oxygens (including phenoxy) is 2. The summed E-state index contributed by atoms with van der Waals surface area (Å²) in [5.74, 6) is -5.44. The molecule has 23 heavy (non-hydrogen) atoms. The van der Waals surface area contributed by atoms with Crippen LogP contribution in [0.25, 0.3) is 0 Å². The van der Waals surface area contributed by atoms with Gasteiger partial charge >= 0.3 is 18.1 Å². The fourth-order valence-corrected chi connectivity index (χ4v) is 1.40. The third kappa shape index (κ3) is 10.1. The molecule has 0 saturated heterocycles. The Bertz CT molecular complexity index is 404. The van der Waals surface area contributed by atoms with Crippen molar-refractivity contribution in [3.05, 3.63) is 0 Å². The molecule has 0 aliphatic rings. The predicted molar refractivity (Wildman–Crippen MR) is 70.8 cm³/mol. The van der Waals surface area contributed by atoms with Gasteiger partial charge in [0.25, 0.3) is 5.92 Å². The van der Waals surface area contributed by atoms with Crippen LogP contribution in [0.5, 0.6) is 0 Å². The highest BCUT2D eigenvalue weighted by atomic mass is 19.4. The number of alkyl halides is 5. The second-order valence-electron chi connectivity index (χ2n) is 5.79. The number of rotatable bonds is 9. The highest BCUT2D eigenvalue weighted by Crippen LogP contribution is 2.34. The molecule has 0 aliphatic carbocycles. The first kappa shape index (κ1) is 21.6. The lowest BCUT2D eigenvalue weighted by molar-refractivity contribution is -0.190. The van der Waals surface area contributed by atoms with Gasteiger partial charge in [-0.2, -0.15) is 13.2 Å². The van der Waals surface area contributed by atoms with Gasteiger partial charge in [0.2, 0.25) is 0 Å². The van der Waals surface area contributed by atoms with E-state index >= 15 is 0 Å². The molecule has 0 aliphatic heterocycles. The van der Waals surface area contributed by atoms with Crippen molar-refractivity contribution in [1.29, 1.82) is 0 Å². The summed E-state index contributed by atoms with van der Waals surface area (Å²) in [5.41, 5.74) is -0.764. The number of carbonyl (C=O) groups excluding carboxylic acids is 2. The quantitative estimate of drug-likeness (QED) is 0.360. The second-order valence-corrected chi connectivity index (χ2v) is 5.79. The third-order valence-electron chi connectivity index (χ3n) is 3.17. The first-order chi connectivity index (χ1) is 10.3. The third-order valence-corrected chi connectivity index (χ3v) is 3.17. The lowest BCUT2D eigenvalue weighted by atomic mass is 9.91. The summed E-state index contributed by atoms with van der Waals surface area (Å²) in [5, 5.41) is 0. The zero-order valence-corrected chi connectivity index (χ0v) is 13.3. The fraction of sp³-hybridized carbons (Fsp3) is 0.857. The summed E-state index contributed by atoms with van der Waals surface area (Å²) in [6, 6.07) is 0. The Kier molecular flexibility index (Phi) is 7.93. The Morgan fingerprint density at radius 1 is 1.00 bits per heavy atom. The number of hydrogen-bond donors (Lipinski definition) is 0. The summed E-state index contributed by atoms with van der Waals surface area (Å²) < 4.78 is 70.8. The van der Waals surface area contributed by atoms with Gasteiger partial charge in [-0.1, -0.05) is 6.92 Å². The molecule has 0 rings (SSSR count). The molecule has 0 heterocycles. The van der Waals surface area contributed by atoms with Gasteiger partial charge in [-0.3, -0.25) is 4.79 Å². The first-order valence-corrected chi connectivity index (χ1v) is 7.06. The van der Waals surface area contributed by atoms with Crippen LogP contribution in [-0.4, -0.2) is 37.3 Å². The predicted octanol–water partition coefficient (Wildman–Crippen LogP) is 3.88. The lowest BCUT2D eigenvalue weighted by Gasteiger charge is -2.20. The Labute approximate surface area is 131 Å². The van der Waals surface area contributed by atoms with Crippen molar-refractivity contribution in [2.45, 2.75) is 58.6 Å². The van der Waals surface area contributed by atoms with E-state index in [-0.39, 0.29) is 0 Å². The Hall–Kier alpha value is -1.41. The van der Waals surface area contributed by atoms with Crippen molar-refractivity contribution in [3.8, 4) is 0 Å². The zero-order chi connectivity index (χ0) is 18.3. The average Bonchev–Trinajstić information content (AvgIpc) is 2.38. The van der Waals surface area contributed by atoms with Crippen LogP contribution in [0.1, 0.15) is 46.5 Å². The highest BCUT2D eigenvalue weighted by Gasteiger charge is 2.42. The molecule has 0 aromatic carbocycles. The minimum Gasteiger partial charge on any atom is -0.463 e. The highest BCUT2D eigenvalue weighted by molar-refractivity contribution is 5.79. The van der Waals surface area contributed by atoms with Crippen molar-refractivity contribution in [1.82, 2.24) is 0 Å². The summed E-state index contributed by atoms with van der Waals surface area (Å²) in [6.07, 6.45) is -8.15. The molecule has 0 aromatic heterocycles. The maximum atomic E-state index is 12.9. The standard InChI is InChI=1S/C14H21F5O4/c1-4-12(2,3)11(21)23-8-10(20)22-7-5-6-13(15,16)9-14(17,18)19/h4-9H2,1-3H3. The van der Waals surface area contributed by atoms with E-state index in [0.717, 1.165) is 0 Å². The summed E-state index contributed by atoms with van der Waals surface area (Å²) in [4.78, 5) is 22.8. The average molecular weight is 348 g/mol. The monoisotopic (exact) mass is 348 g/mol. The van der Waals surface area contributed by atoms with E-state index in [1.807, 2.05) is 0 Å². The molecule has 0 N–H and O–H groups in total. The van der Waals surface area contributed by atoms with Gasteiger partial charge in [-0.05, 0) is 26.7 Å². The Morgan fingerprint density at radius 3 is 2.04 bits per heavy atom. The largest absolute Gasteiger partial charge is 0.463 e. The molecule has 0 saturated carbocycles. The molecule has 9 heteroatoms. The molecule has 0 fully saturated rings. The Balaban J connectivity index is 3.98. The number of esters is 2. The molecule has 0 bridgehead atoms. The fourth-order valence-electron chi connectivity index (χ4n) is 1.40. The van der Waals surface area contributed by atoms with E-state index in [1.165, 1.54) is 0 Å². The molecule has 0 unspecified atom stereocenters. The van der Waals surface area contributed by atoms with Gasteiger partial charge in [0.1, 0.15) is 6.42 Å². The minimum atomic E-state index is -4.96. The van der Waals surface area contributed by atoms with Crippen LogP contribution in [0.3, 0.4) is 0 Å². The van der Waals surface area contributed by atoms with Crippen LogP contribution < -0.4 is 0 Å². The maximum absolute atomic E-state index is 12.9. The smallest absolute Gasteiger partial charge is 0.394 e. The van der Waals surface area contributed by atoms with Crippen LogP contribution in [0, 0.1) is 5.41 Å². The topological polar surface area (TPSA) is 52.6 Å². The van der Waals surface area contributed by atoms with Crippen molar-refractivity contribution < 1.29 is 41.0 Å². The van der Waals surface area contributed by atoms with Gasteiger partial charge in [-0.25, -0.2) is 13.6 Å². The zero-order valence-electron chi connectivity index (χ0n) is 13.3. The molecular formula is C14H21F5O4. The van der Waals surface area contributed by atoms with E-state index in [0.29, 0.717) is 6.42 Å². The van der Waals surface area contributed by atoms with Crippen LogP contribution in [0.4, 0.5) is 22.0 Å². The summed E-state index contributed by atoms with van der Waals surface area (Å²) in [7, 11) is 0. The summed E-state index contributed by atoms with van der Waals surface area (Å²) in [6.45, 7) is 3.88. The minimum absolute atomic E-state index is 0.427. The molecular weight excluding hydrogens is 327 g/mol. The van der Waals surface area contributed by atoms with Crippen LogP contribution >= 0.6 is 0 Å². The van der Waals surface area contributed by atoms with Gasteiger partial charge in [0.05, 0.1) is 12.0 Å². The van der Waals surface area contributed by atoms with Gasteiger partial charge in [-0.15, -0.1) is 0 Å². The SMILES string of the molecule is CCC(C)(C)C(=O)OCC(=O)OCCCC(F)(F)CC(F)(F)F. The Morgan fingerprint density at radius 2 is 1.57 bits per heavy atom. The van der Waals surface area contributed by atoms with E-state index in [2.05, 4.69) is 4.74 Å². The first-order valence-electron chi connectivity index (χ1n) is 7.06. The van der Waals surface area contributed by atoms with Gasteiger partial charge in [0, 0.05) is 6.42 Å². The number of carbonyl (C=O) groups is 2. The van der Waals surface area contributed by atoms with Crippen molar-refractivity contribution >= 4 is 11.9 Å². The molecule has 0 aromatic rings. The molecule has 0 spiro atoms. The number of halogens is 5. The van der Waals surface area contributed by atoms with Crippen molar-refractivity contribution in [3.63, 3.8) is 0 Å². The molecule has 0 atom stereocenters.